The average Bonchev–Trinajstić information content (AvgIpc) is 2.78. The third kappa shape index (κ3) is 1.90. The maximum absolute atomic E-state index is 10.6. The van der Waals surface area contributed by atoms with Crippen LogP contribution in [-0.2, 0) is 7.05 Å². The lowest BCUT2D eigenvalue weighted by Crippen LogP contribution is -2.03. The first kappa shape index (κ1) is 11.9. The van der Waals surface area contributed by atoms with Gasteiger partial charge in [-0.2, -0.15) is 5.10 Å². The Morgan fingerprint density at radius 3 is 2.74 bits per heavy atom. The second kappa shape index (κ2) is 4.48. The van der Waals surface area contributed by atoms with E-state index in [1.165, 1.54) is 0 Å². The van der Waals surface area contributed by atoms with Crippen LogP contribution in [-0.4, -0.2) is 19.9 Å². The number of hydrogen-bond donors (Lipinski definition) is 1. The molecule has 1 aromatic carbocycles. The topological polar surface area (TPSA) is 50.9 Å². The van der Waals surface area contributed by atoms with Gasteiger partial charge in [-0.1, -0.05) is 18.2 Å². The molecule has 0 saturated heterocycles. The van der Waals surface area contributed by atoms with E-state index in [1.54, 1.807) is 17.1 Å². The number of aryl methyl sites for hydroxylation is 1. The summed E-state index contributed by atoms with van der Waals surface area (Å²) in [6.45, 7) is 1.95. The molecule has 0 saturated carbocycles. The van der Waals surface area contributed by atoms with Crippen LogP contribution in [0, 0.1) is 6.92 Å². The molecule has 96 valence electrons. The van der Waals surface area contributed by atoms with Crippen LogP contribution in [0.15, 0.2) is 42.7 Å². The molecule has 1 N–H and O–H groups in total. The third-order valence-electron chi connectivity index (χ3n) is 3.54. The van der Waals surface area contributed by atoms with Crippen molar-refractivity contribution in [3.63, 3.8) is 0 Å². The van der Waals surface area contributed by atoms with Crippen LogP contribution in [0.5, 0.6) is 0 Å². The predicted octanol–water partition coefficient (Wildman–Crippen LogP) is 2.36. The number of rotatable bonds is 2. The minimum absolute atomic E-state index is 0.679. The van der Waals surface area contributed by atoms with Crippen molar-refractivity contribution in [3.8, 4) is 0 Å². The van der Waals surface area contributed by atoms with E-state index < -0.39 is 6.10 Å². The molecule has 0 fully saturated rings. The Morgan fingerprint density at radius 1 is 1.16 bits per heavy atom. The Balaban J connectivity index is 2.17. The molecule has 0 radical (unpaired) electrons. The quantitative estimate of drug-likeness (QED) is 0.762. The summed E-state index contributed by atoms with van der Waals surface area (Å²) < 4.78 is 1.77. The molecular weight excluding hydrogens is 238 g/mol. The highest BCUT2D eigenvalue weighted by molar-refractivity contribution is 5.82. The minimum atomic E-state index is -0.679. The smallest absolute Gasteiger partial charge is 0.108 e. The number of aliphatic hydroxyl groups is 1. The van der Waals surface area contributed by atoms with E-state index in [0.29, 0.717) is 0 Å². The zero-order valence-electron chi connectivity index (χ0n) is 10.9. The number of fused-ring (bicyclic) bond motifs is 1. The molecule has 4 nitrogen and oxygen atoms in total. The van der Waals surface area contributed by atoms with Gasteiger partial charge in [-0.3, -0.25) is 9.67 Å². The van der Waals surface area contributed by atoms with Crippen molar-refractivity contribution in [2.45, 2.75) is 13.0 Å². The zero-order valence-corrected chi connectivity index (χ0v) is 10.9. The lowest BCUT2D eigenvalue weighted by molar-refractivity contribution is 0.221. The van der Waals surface area contributed by atoms with E-state index in [9.17, 15) is 5.11 Å². The standard InChI is InChI=1S/C15H15N3O/c1-10-13(9-17-18(10)2)15(19)12-5-3-7-14-11(12)6-4-8-16-14/h3-9,15,19H,1-2H3. The molecule has 1 atom stereocenters. The van der Waals surface area contributed by atoms with Crippen LogP contribution in [0.2, 0.25) is 0 Å². The van der Waals surface area contributed by atoms with Crippen LogP contribution in [0.3, 0.4) is 0 Å². The molecule has 0 aliphatic heterocycles. The van der Waals surface area contributed by atoms with Gasteiger partial charge in [-0.25, -0.2) is 0 Å². The lowest BCUT2D eigenvalue weighted by Gasteiger charge is -2.13. The molecule has 0 aliphatic carbocycles. The van der Waals surface area contributed by atoms with E-state index in [4.69, 9.17) is 0 Å². The summed E-state index contributed by atoms with van der Waals surface area (Å²) in [5.41, 5.74) is 3.55. The fourth-order valence-electron chi connectivity index (χ4n) is 2.32. The van der Waals surface area contributed by atoms with Gasteiger partial charge in [0.1, 0.15) is 6.10 Å². The molecule has 0 amide bonds. The zero-order chi connectivity index (χ0) is 13.4. The van der Waals surface area contributed by atoms with Crippen molar-refractivity contribution in [3.05, 3.63) is 59.5 Å². The summed E-state index contributed by atoms with van der Waals surface area (Å²) in [7, 11) is 1.87. The lowest BCUT2D eigenvalue weighted by atomic mass is 9.98. The van der Waals surface area contributed by atoms with Crippen molar-refractivity contribution >= 4 is 10.9 Å². The van der Waals surface area contributed by atoms with Crippen LogP contribution < -0.4 is 0 Å². The number of benzene rings is 1. The third-order valence-corrected chi connectivity index (χ3v) is 3.54. The summed E-state index contributed by atoms with van der Waals surface area (Å²) >= 11 is 0. The molecule has 2 aromatic heterocycles. The van der Waals surface area contributed by atoms with Gasteiger partial charge >= 0.3 is 0 Å². The number of pyridine rings is 1. The highest BCUT2D eigenvalue weighted by atomic mass is 16.3. The Morgan fingerprint density at radius 2 is 2.00 bits per heavy atom. The van der Waals surface area contributed by atoms with Crippen LogP contribution in [0.4, 0.5) is 0 Å². The first-order valence-corrected chi connectivity index (χ1v) is 6.18. The number of nitrogens with zero attached hydrogens (tertiary/aromatic N) is 3. The van der Waals surface area contributed by atoms with Gasteiger partial charge in [-0.05, 0) is 24.6 Å². The number of hydrogen-bond acceptors (Lipinski definition) is 3. The molecule has 3 aromatic rings. The molecule has 0 bridgehead atoms. The van der Waals surface area contributed by atoms with E-state index in [2.05, 4.69) is 10.1 Å². The Kier molecular flexibility index (Phi) is 2.80. The summed E-state index contributed by atoms with van der Waals surface area (Å²) in [4.78, 5) is 4.31. The summed E-state index contributed by atoms with van der Waals surface area (Å²) in [5, 5.41) is 15.8. The highest BCUT2D eigenvalue weighted by Gasteiger charge is 2.18. The summed E-state index contributed by atoms with van der Waals surface area (Å²) in [5.74, 6) is 0. The molecule has 2 heterocycles. The highest BCUT2D eigenvalue weighted by Crippen LogP contribution is 2.29. The van der Waals surface area contributed by atoms with E-state index in [0.717, 1.165) is 27.7 Å². The van der Waals surface area contributed by atoms with Crippen molar-refractivity contribution in [2.75, 3.05) is 0 Å². The average molecular weight is 253 g/mol. The molecule has 3 rings (SSSR count). The van der Waals surface area contributed by atoms with Gasteiger partial charge in [0, 0.05) is 29.9 Å². The number of aliphatic hydroxyl groups excluding tert-OH is 1. The number of aromatic nitrogens is 3. The van der Waals surface area contributed by atoms with Crippen molar-refractivity contribution in [1.82, 2.24) is 14.8 Å². The maximum atomic E-state index is 10.6. The molecule has 19 heavy (non-hydrogen) atoms. The van der Waals surface area contributed by atoms with E-state index in [1.807, 2.05) is 44.3 Å². The molecule has 0 spiro atoms. The second-order valence-corrected chi connectivity index (χ2v) is 4.63. The van der Waals surface area contributed by atoms with E-state index >= 15 is 0 Å². The van der Waals surface area contributed by atoms with Crippen LogP contribution in [0.25, 0.3) is 10.9 Å². The van der Waals surface area contributed by atoms with E-state index in [-0.39, 0.29) is 0 Å². The maximum Gasteiger partial charge on any atom is 0.108 e. The first-order valence-electron chi connectivity index (χ1n) is 6.18. The van der Waals surface area contributed by atoms with Crippen molar-refractivity contribution in [2.24, 2.45) is 7.05 Å². The Hall–Kier alpha value is -2.20. The van der Waals surface area contributed by atoms with Crippen molar-refractivity contribution in [1.29, 1.82) is 0 Å². The van der Waals surface area contributed by atoms with Gasteiger partial charge in [0.15, 0.2) is 0 Å². The monoisotopic (exact) mass is 253 g/mol. The Labute approximate surface area is 111 Å². The van der Waals surface area contributed by atoms with Gasteiger partial charge in [0.2, 0.25) is 0 Å². The van der Waals surface area contributed by atoms with Crippen LogP contribution >= 0.6 is 0 Å². The van der Waals surface area contributed by atoms with Gasteiger partial charge < -0.3 is 5.11 Å². The molecule has 4 heteroatoms. The van der Waals surface area contributed by atoms with Crippen molar-refractivity contribution < 1.29 is 5.11 Å². The van der Waals surface area contributed by atoms with Gasteiger partial charge in [0.25, 0.3) is 0 Å². The fraction of sp³-hybridized carbons (Fsp3) is 0.200. The second-order valence-electron chi connectivity index (χ2n) is 4.63. The molecule has 0 aliphatic rings. The molecular formula is C15H15N3O. The van der Waals surface area contributed by atoms with Crippen LogP contribution in [0.1, 0.15) is 22.9 Å². The Bertz CT molecular complexity index is 728. The summed E-state index contributed by atoms with van der Waals surface area (Å²) in [6, 6.07) is 9.66. The summed E-state index contributed by atoms with van der Waals surface area (Å²) in [6.07, 6.45) is 2.80. The van der Waals surface area contributed by atoms with Gasteiger partial charge in [-0.15, -0.1) is 0 Å². The molecule has 1 unspecified atom stereocenters. The minimum Gasteiger partial charge on any atom is -0.384 e. The van der Waals surface area contributed by atoms with Gasteiger partial charge in [0.05, 0.1) is 11.7 Å². The first-order chi connectivity index (χ1) is 9.18. The normalized spacial score (nSPS) is 12.8. The predicted molar refractivity (Wildman–Crippen MR) is 73.7 cm³/mol. The fourth-order valence-corrected chi connectivity index (χ4v) is 2.32. The SMILES string of the molecule is Cc1c(C(O)c2cccc3ncccc23)cnn1C. The largest absolute Gasteiger partial charge is 0.384 e.